The zero-order valence-corrected chi connectivity index (χ0v) is 25.2. The quantitative estimate of drug-likeness (QED) is 0.139. The molecule has 0 saturated carbocycles. The van der Waals surface area contributed by atoms with Crippen LogP contribution in [0.5, 0.6) is 5.75 Å². The van der Waals surface area contributed by atoms with Crippen LogP contribution in [-0.4, -0.2) is 78.3 Å². The number of rotatable bonds is 12. The molecule has 3 unspecified atom stereocenters. The van der Waals surface area contributed by atoms with Gasteiger partial charge in [-0.1, -0.05) is 24.3 Å². The van der Waals surface area contributed by atoms with Crippen molar-refractivity contribution in [3.63, 3.8) is 0 Å². The maximum absolute atomic E-state index is 13.8. The van der Waals surface area contributed by atoms with Crippen molar-refractivity contribution in [3.05, 3.63) is 88.5 Å². The van der Waals surface area contributed by atoms with Gasteiger partial charge in [0.15, 0.2) is 0 Å². The second-order valence-corrected chi connectivity index (χ2v) is 11.2. The first-order chi connectivity index (χ1) is 22.0. The highest BCUT2D eigenvalue weighted by Gasteiger charge is 2.33. The zero-order chi connectivity index (χ0) is 33.0. The summed E-state index contributed by atoms with van der Waals surface area (Å²) in [7, 11) is -0.824. The van der Waals surface area contributed by atoms with E-state index in [-0.39, 0.29) is 30.8 Å². The summed E-state index contributed by atoms with van der Waals surface area (Å²) in [6.07, 6.45) is -0.229. The van der Waals surface area contributed by atoms with E-state index in [2.05, 4.69) is 16.0 Å². The van der Waals surface area contributed by atoms with Crippen LogP contribution in [0, 0.1) is 0 Å². The molecule has 13 nitrogen and oxygen atoms in total. The van der Waals surface area contributed by atoms with E-state index in [1.165, 1.54) is 32.2 Å². The first-order valence-electron chi connectivity index (χ1n) is 14.6. The van der Waals surface area contributed by atoms with Crippen molar-refractivity contribution in [1.82, 2.24) is 16.0 Å². The minimum absolute atomic E-state index is 0.146. The summed E-state index contributed by atoms with van der Waals surface area (Å²) in [5.41, 5.74) is 3.45. The Morgan fingerprint density at radius 3 is 1.89 bits per heavy atom. The summed E-state index contributed by atoms with van der Waals surface area (Å²) in [5, 5.41) is 37.9. The van der Waals surface area contributed by atoms with Gasteiger partial charge in [0.25, 0.3) is 11.8 Å². The summed E-state index contributed by atoms with van der Waals surface area (Å²) in [6, 6.07) is 13.1. The highest BCUT2D eigenvalue weighted by Crippen LogP contribution is 2.16. The van der Waals surface area contributed by atoms with E-state index in [0.29, 0.717) is 16.7 Å². The van der Waals surface area contributed by atoms with Crippen LogP contribution in [0.1, 0.15) is 50.8 Å². The molecule has 46 heavy (non-hydrogen) atoms. The Bertz CT molecular complexity index is 1640. The SMILES string of the molecule is COc1ccc(CC(CC(=O)O)NC(=O)C(NC(=O)c2ccc3c(c2)B(O)OC3)C(C)NC(=O)c2ccc3c(c2)B(O)OC3)cc1. The molecule has 2 aliphatic heterocycles. The maximum Gasteiger partial charge on any atom is 0.491 e. The Morgan fingerprint density at radius 2 is 1.37 bits per heavy atom. The molecule has 2 heterocycles. The lowest BCUT2D eigenvalue weighted by Crippen LogP contribution is -2.59. The molecule has 0 aromatic heterocycles. The second kappa shape index (κ2) is 14.2. The van der Waals surface area contributed by atoms with Gasteiger partial charge in [-0.15, -0.1) is 0 Å². The molecular formula is C31H33B2N3O10. The van der Waals surface area contributed by atoms with Gasteiger partial charge in [0.1, 0.15) is 11.8 Å². The van der Waals surface area contributed by atoms with E-state index < -0.39 is 62.5 Å². The van der Waals surface area contributed by atoms with E-state index in [9.17, 15) is 34.3 Å². The van der Waals surface area contributed by atoms with Crippen LogP contribution in [0.15, 0.2) is 60.7 Å². The molecule has 3 aromatic carbocycles. The number of aliphatic carboxylic acids is 1. The van der Waals surface area contributed by atoms with Crippen molar-refractivity contribution < 1.29 is 48.4 Å². The molecule has 3 amide bonds. The number of nitrogens with one attached hydrogen (secondary N) is 3. The number of carbonyl (C=O) groups is 4. The van der Waals surface area contributed by atoms with Gasteiger partial charge >= 0.3 is 20.2 Å². The van der Waals surface area contributed by atoms with Gasteiger partial charge in [-0.2, -0.15) is 0 Å². The average molecular weight is 629 g/mol. The lowest BCUT2D eigenvalue weighted by atomic mass is 9.78. The van der Waals surface area contributed by atoms with Crippen molar-refractivity contribution in [2.24, 2.45) is 0 Å². The van der Waals surface area contributed by atoms with E-state index in [1.54, 1.807) is 42.5 Å². The molecule has 15 heteroatoms. The number of carboxylic acid groups (broad SMARTS) is 1. The Hall–Kier alpha value is -4.69. The number of hydrogen-bond acceptors (Lipinski definition) is 9. The van der Waals surface area contributed by atoms with Crippen molar-refractivity contribution >= 4 is 48.9 Å². The third kappa shape index (κ3) is 7.57. The van der Waals surface area contributed by atoms with Gasteiger partial charge in [0.2, 0.25) is 5.91 Å². The minimum atomic E-state index is -1.35. The summed E-state index contributed by atoms with van der Waals surface area (Å²) < 4.78 is 15.6. The molecule has 5 rings (SSSR count). The number of ether oxygens (including phenoxy) is 1. The third-order valence-corrected chi connectivity index (χ3v) is 7.98. The number of methoxy groups -OCH3 is 1. The van der Waals surface area contributed by atoms with Crippen LogP contribution in [0.2, 0.25) is 0 Å². The summed E-state index contributed by atoms with van der Waals surface area (Å²) in [4.78, 5) is 52.2. The number of fused-ring (bicyclic) bond motifs is 2. The Kier molecular flexibility index (Phi) is 10.1. The van der Waals surface area contributed by atoms with Crippen LogP contribution in [-0.2, 0) is 38.5 Å². The Balaban J connectivity index is 1.37. The molecule has 3 atom stereocenters. The van der Waals surface area contributed by atoms with Crippen LogP contribution in [0.25, 0.3) is 0 Å². The molecule has 2 aliphatic rings. The van der Waals surface area contributed by atoms with Gasteiger partial charge in [-0.05, 0) is 77.4 Å². The fourth-order valence-corrected chi connectivity index (χ4v) is 5.45. The second-order valence-electron chi connectivity index (χ2n) is 11.2. The summed E-state index contributed by atoms with van der Waals surface area (Å²) in [6.45, 7) is 1.93. The number of benzene rings is 3. The molecule has 6 N–H and O–H groups in total. The van der Waals surface area contributed by atoms with Gasteiger partial charge < -0.3 is 45.2 Å². The fourth-order valence-electron chi connectivity index (χ4n) is 5.45. The topological polar surface area (TPSA) is 193 Å². The highest BCUT2D eigenvalue weighted by molar-refractivity contribution is 6.62. The van der Waals surface area contributed by atoms with Gasteiger partial charge in [-0.3, -0.25) is 19.2 Å². The first-order valence-corrected chi connectivity index (χ1v) is 14.6. The molecule has 0 saturated heterocycles. The lowest BCUT2D eigenvalue weighted by Gasteiger charge is -2.28. The van der Waals surface area contributed by atoms with E-state index >= 15 is 0 Å². The van der Waals surface area contributed by atoms with Crippen molar-refractivity contribution in [1.29, 1.82) is 0 Å². The number of carboxylic acids is 1. The molecular weight excluding hydrogens is 596 g/mol. The molecule has 0 radical (unpaired) electrons. The number of amides is 3. The van der Waals surface area contributed by atoms with Crippen molar-refractivity contribution in [2.75, 3.05) is 7.11 Å². The standard InChI is InChI=1S/C31H33B2N3O10/c1-17(34-29(39)19-5-7-21-15-45-32(42)25(21)12-19)28(36-30(40)20-6-8-22-16-46-33(43)26(22)13-20)31(41)35-23(14-27(37)38)11-18-3-9-24(44-2)10-4-18/h3-10,12-13,17,23,28,42-43H,11,14-16H2,1-2H3,(H,34,39)(H,35,41)(H,36,40)(H,37,38). The highest BCUT2D eigenvalue weighted by atomic mass is 16.5. The number of carbonyl (C=O) groups excluding carboxylic acids is 3. The molecule has 238 valence electrons. The van der Waals surface area contributed by atoms with E-state index in [0.717, 1.165) is 16.7 Å². The molecule has 0 aliphatic carbocycles. The Labute approximate surface area is 265 Å². The zero-order valence-electron chi connectivity index (χ0n) is 25.2. The predicted molar refractivity (Wildman–Crippen MR) is 167 cm³/mol. The van der Waals surface area contributed by atoms with Crippen LogP contribution in [0.3, 0.4) is 0 Å². The minimum Gasteiger partial charge on any atom is -0.497 e. The number of hydrogen-bond donors (Lipinski definition) is 6. The summed E-state index contributed by atoms with van der Waals surface area (Å²) in [5.74, 6) is -2.47. The summed E-state index contributed by atoms with van der Waals surface area (Å²) >= 11 is 0. The van der Waals surface area contributed by atoms with E-state index in [4.69, 9.17) is 14.0 Å². The van der Waals surface area contributed by atoms with Crippen molar-refractivity contribution in [2.45, 2.75) is 51.1 Å². The normalized spacial score (nSPS) is 15.3. The molecule has 0 fully saturated rings. The smallest absolute Gasteiger partial charge is 0.491 e. The molecule has 0 bridgehead atoms. The van der Waals surface area contributed by atoms with E-state index in [1.807, 2.05) is 0 Å². The maximum atomic E-state index is 13.8. The fraction of sp³-hybridized carbons (Fsp3) is 0.290. The predicted octanol–water partition coefficient (Wildman–Crippen LogP) is -0.750. The monoisotopic (exact) mass is 629 g/mol. The first kappa shape index (κ1) is 32.7. The largest absolute Gasteiger partial charge is 0.497 e. The van der Waals surface area contributed by atoms with Crippen LogP contribution >= 0.6 is 0 Å². The van der Waals surface area contributed by atoms with Crippen LogP contribution < -0.4 is 31.6 Å². The van der Waals surface area contributed by atoms with Crippen molar-refractivity contribution in [3.8, 4) is 5.75 Å². The van der Waals surface area contributed by atoms with Gasteiger partial charge in [0.05, 0.1) is 32.8 Å². The average Bonchev–Trinajstić information content (AvgIpc) is 3.60. The lowest BCUT2D eigenvalue weighted by molar-refractivity contribution is -0.137. The van der Waals surface area contributed by atoms with Crippen LogP contribution in [0.4, 0.5) is 0 Å². The molecule has 3 aromatic rings. The van der Waals surface area contributed by atoms with Gasteiger partial charge in [0, 0.05) is 17.2 Å². The van der Waals surface area contributed by atoms with Gasteiger partial charge in [-0.25, -0.2) is 0 Å². The molecule has 0 spiro atoms. The third-order valence-electron chi connectivity index (χ3n) is 7.98. The Morgan fingerprint density at radius 1 is 0.826 bits per heavy atom.